The van der Waals surface area contributed by atoms with E-state index in [1.54, 1.807) is 30.6 Å². The van der Waals surface area contributed by atoms with Crippen molar-refractivity contribution in [3.63, 3.8) is 0 Å². The molecule has 1 heterocycles. The Bertz CT molecular complexity index is 473. The molecule has 1 aromatic heterocycles. The van der Waals surface area contributed by atoms with Gasteiger partial charge in [0.25, 0.3) is 0 Å². The second-order valence-corrected chi connectivity index (χ2v) is 4.16. The van der Waals surface area contributed by atoms with E-state index >= 15 is 0 Å². The fraction of sp³-hybridized carbons (Fsp3) is 0.0909. The number of rotatable bonds is 3. The van der Waals surface area contributed by atoms with E-state index in [0.29, 0.717) is 12.5 Å². The molecule has 0 unspecified atom stereocenters. The van der Waals surface area contributed by atoms with E-state index in [2.05, 4.69) is 31.2 Å². The highest BCUT2D eigenvalue weighted by molar-refractivity contribution is 9.10. The first-order chi connectivity index (χ1) is 7.74. The van der Waals surface area contributed by atoms with Gasteiger partial charge in [-0.3, -0.25) is 0 Å². The molecule has 5 heteroatoms. The third kappa shape index (κ3) is 2.93. The summed E-state index contributed by atoms with van der Waals surface area (Å²) in [6, 6.07) is 7.06. The van der Waals surface area contributed by atoms with Crippen molar-refractivity contribution in [2.24, 2.45) is 0 Å². The molecule has 0 bridgehead atoms. The van der Waals surface area contributed by atoms with Crippen molar-refractivity contribution in [1.29, 1.82) is 0 Å². The highest BCUT2D eigenvalue weighted by Gasteiger charge is 1.97. The van der Waals surface area contributed by atoms with Crippen LogP contribution < -0.4 is 5.32 Å². The average Bonchev–Trinajstić information content (AvgIpc) is 2.28. The summed E-state index contributed by atoms with van der Waals surface area (Å²) in [5.41, 5.74) is 0.978. The molecule has 82 valence electrons. The molecule has 0 spiro atoms. The molecule has 0 saturated heterocycles. The van der Waals surface area contributed by atoms with E-state index in [1.807, 2.05) is 6.07 Å². The van der Waals surface area contributed by atoms with Gasteiger partial charge in [0.1, 0.15) is 5.75 Å². The predicted molar refractivity (Wildman–Crippen MR) is 65.2 cm³/mol. The van der Waals surface area contributed by atoms with E-state index in [1.165, 1.54) is 0 Å². The van der Waals surface area contributed by atoms with Crippen molar-refractivity contribution in [1.82, 2.24) is 9.97 Å². The lowest BCUT2D eigenvalue weighted by Gasteiger charge is -2.04. The van der Waals surface area contributed by atoms with Gasteiger partial charge in [-0.15, -0.1) is 0 Å². The third-order valence-corrected chi connectivity index (χ3v) is 2.39. The Morgan fingerprint density at radius 2 is 2.00 bits per heavy atom. The summed E-state index contributed by atoms with van der Waals surface area (Å²) in [5.74, 6) is 0.822. The lowest BCUT2D eigenvalue weighted by molar-refractivity contribution is 0.474. The van der Waals surface area contributed by atoms with Gasteiger partial charge in [-0.05, 0) is 33.6 Å². The number of phenolic OH excluding ortho intramolecular Hbond substituents is 1. The van der Waals surface area contributed by atoms with Gasteiger partial charge < -0.3 is 10.4 Å². The maximum absolute atomic E-state index is 9.28. The van der Waals surface area contributed by atoms with E-state index < -0.39 is 0 Å². The number of halogens is 1. The van der Waals surface area contributed by atoms with E-state index in [0.717, 1.165) is 10.0 Å². The molecular formula is C11H10BrN3O. The fourth-order valence-corrected chi connectivity index (χ4v) is 1.46. The molecular weight excluding hydrogens is 270 g/mol. The molecule has 0 fully saturated rings. The van der Waals surface area contributed by atoms with Crippen LogP contribution in [0.15, 0.2) is 41.1 Å². The summed E-state index contributed by atoms with van der Waals surface area (Å²) < 4.78 is 0.843. The zero-order valence-corrected chi connectivity index (χ0v) is 9.98. The third-order valence-electron chi connectivity index (χ3n) is 1.98. The van der Waals surface area contributed by atoms with Gasteiger partial charge in [-0.1, -0.05) is 12.1 Å². The van der Waals surface area contributed by atoms with Gasteiger partial charge in [0.2, 0.25) is 5.95 Å². The first-order valence-electron chi connectivity index (χ1n) is 4.73. The smallest absolute Gasteiger partial charge is 0.222 e. The molecule has 1 aromatic carbocycles. The number of aromatic nitrogens is 2. The largest absolute Gasteiger partial charge is 0.508 e. The van der Waals surface area contributed by atoms with E-state index in [4.69, 9.17) is 0 Å². The van der Waals surface area contributed by atoms with Crippen molar-refractivity contribution in [2.45, 2.75) is 6.54 Å². The van der Waals surface area contributed by atoms with E-state index in [-0.39, 0.29) is 5.75 Å². The van der Waals surface area contributed by atoms with Gasteiger partial charge >= 0.3 is 0 Å². The van der Waals surface area contributed by atoms with E-state index in [9.17, 15) is 5.11 Å². The standard InChI is InChI=1S/C11H10BrN3O/c12-9-6-14-11(15-7-9)13-5-8-2-1-3-10(16)4-8/h1-4,6-7,16H,5H2,(H,13,14,15). The first-order valence-corrected chi connectivity index (χ1v) is 5.53. The Balaban J connectivity index is 1.99. The Morgan fingerprint density at radius 3 is 2.69 bits per heavy atom. The highest BCUT2D eigenvalue weighted by Crippen LogP contribution is 2.12. The van der Waals surface area contributed by atoms with Gasteiger partial charge in [0.05, 0.1) is 4.47 Å². The Kier molecular flexibility index (Phi) is 3.36. The molecule has 0 aliphatic rings. The number of phenols is 1. The minimum atomic E-state index is 0.260. The van der Waals surface area contributed by atoms with Gasteiger partial charge in [0.15, 0.2) is 0 Å². The fourth-order valence-electron chi connectivity index (χ4n) is 1.25. The molecule has 2 aromatic rings. The molecule has 0 saturated carbocycles. The van der Waals surface area contributed by atoms with Crippen molar-refractivity contribution in [3.8, 4) is 5.75 Å². The topological polar surface area (TPSA) is 58.0 Å². The zero-order valence-electron chi connectivity index (χ0n) is 8.39. The van der Waals surface area contributed by atoms with Crippen molar-refractivity contribution < 1.29 is 5.11 Å². The van der Waals surface area contributed by atoms with Gasteiger partial charge in [0, 0.05) is 18.9 Å². The summed E-state index contributed by atoms with van der Waals surface area (Å²) in [4.78, 5) is 8.17. The van der Waals surface area contributed by atoms with Crippen LogP contribution in [0.5, 0.6) is 5.75 Å². The number of nitrogens with one attached hydrogen (secondary N) is 1. The van der Waals surface area contributed by atoms with Crippen molar-refractivity contribution in [3.05, 3.63) is 46.7 Å². The maximum Gasteiger partial charge on any atom is 0.222 e. The summed E-state index contributed by atoms with van der Waals surface area (Å²) in [7, 11) is 0. The minimum Gasteiger partial charge on any atom is -0.508 e. The monoisotopic (exact) mass is 279 g/mol. The molecule has 0 amide bonds. The van der Waals surface area contributed by atoms with Crippen molar-refractivity contribution in [2.75, 3.05) is 5.32 Å². The normalized spacial score (nSPS) is 10.1. The number of benzene rings is 1. The number of hydrogen-bond acceptors (Lipinski definition) is 4. The Morgan fingerprint density at radius 1 is 1.25 bits per heavy atom. The predicted octanol–water partition coefficient (Wildman–Crippen LogP) is 2.56. The van der Waals surface area contributed by atoms with Crippen LogP contribution in [0.3, 0.4) is 0 Å². The number of nitrogens with zero attached hydrogens (tertiary/aromatic N) is 2. The van der Waals surface area contributed by atoms with Gasteiger partial charge in [-0.25, -0.2) is 9.97 Å². The van der Waals surface area contributed by atoms with Crippen LogP contribution in [0.4, 0.5) is 5.95 Å². The van der Waals surface area contributed by atoms with Crippen LogP contribution in [-0.2, 0) is 6.54 Å². The summed E-state index contributed by atoms with van der Waals surface area (Å²) >= 11 is 3.27. The quantitative estimate of drug-likeness (QED) is 0.907. The van der Waals surface area contributed by atoms with Crippen LogP contribution in [0.25, 0.3) is 0 Å². The molecule has 16 heavy (non-hydrogen) atoms. The molecule has 0 aliphatic heterocycles. The molecule has 2 rings (SSSR count). The number of aromatic hydroxyl groups is 1. The first kappa shape index (κ1) is 10.9. The molecule has 0 aliphatic carbocycles. The molecule has 0 radical (unpaired) electrons. The average molecular weight is 280 g/mol. The second-order valence-electron chi connectivity index (χ2n) is 3.25. The maximum atomic E-state index is 9.28. The summed E-state index contributed by atoms with van der Waals surface area (Å²) in [5, 5.41) is 12.3. The van der Waals surface area contributed by atoms with Crippen LogP contribution in [0.2, 0.25) is 0 Å². The Labute approximate surface area is 102 Å². The zero-order chi connectivity index (χ0) is 11.4. The molecule has 2 N–H and O–H groups in total. The van der Waals surface area contributed by atoms with Crippen LogP contribution in [0.1, 0.15) is 5.56 Å². The van der Waals surface area contributed by atoms with Gasteiger partial charge in [-0.2, -0.15) is 0 Å². The molecule has 0 atom stereocenters. The van der Waals surface area contributed by atoms with Crippen LogP contribution in [0, 0.1) is 0 Å². The van der Waals surface area contributed by atoms with Crippen molar-refractivity contribution >= 4 is 21.9 Å². The second kappa shape index (κ2) is 4.94. The summed E-state index contributed by atoms with van der Waals surface area (Å²) in [6.07, 6.45) is 3.36. The lowest BCUT2D eigenvalue weighted by atomic mass is 10.2. The SMILES string of the molecule is Oc1cccc(CNc2ncc(Br)cn2)c1. The minimum absolute atomic E-state index is 0.260. The Hall–Kier alpha value is -1.62. The highest BCUT2D eigenvalue weighted by atomic mass is 79.9. The molecule has 4 nitrogen and oxygen atoms in total. The number of hydrogen-bond donors (Lipinski definition) is 2. The lowest BCUT2D eigenvalue weighted by Crippen LogP contribution is -2.02. The summed E-state index contributed by atoms with van der Waals surface area (Å²) in [6.45, 7) is 0.579. The van der Waals surface area contributed by atoms with Crippen LogP contribution in [-0.4, -0.2) is 15.1 Å². The van der Waals surface area contributed by atoms with Crippen LogP contribution >= 0.6 is 15.9 Å². The number of anilines is 1.